The largest absolute Gasteiger partial charge is 0.342 e. The lowest BCUT2D eigenvalue weighted by Gasteiger charge is -2.15. The molecule has 0 aliphatic carbocycles. The van der Waals surface area contributed by atoms with E-state index >= 15 is 0 Å². The number of fused-ring (bicyclic) bond motifs is 1. The van der Waals surface area contributed by atoms with E-state index in [-0.39, 0.29) is 12.5 Å². The summed E-state index contributed by atoms with van der Waals surface area (Å²) in [5.41, 5.74) is 3.50. The van der Waals surface area contributed by atoms with Gasteiger partial charge in [-0.1, -0.05) is 47.7 Å². The molecule has 2 aromatic carbocycles. The number of likely N-dealkylation sites (N-methyl/N-ethyl adjacent to an activating group) is 1. The van der Waals surface area contributed by atoms with Crippen LogP contribution in [0.2, 0.25) is 0 Å². The van der Waals surface area contributed by atoms with Crippen LogP contribution in [0.3, 0.4) is 0 Å². The highest BCUT2D eigenvalue weighted by Crippen LogP contribution is 2.31. The molecule has 2 aromatic heterocycles. The van der Waals surface area contributed by atoms with Gasteiger partial charge in [0.05, 0.1) is 22.6 Å². The molecule has 4 aromatic rings. The van der Waals surface area contributed by atoms with Crippen molar-refractivity contribution in [3.8, 4) is 5.69 Å². The summed E-state index contributed by atoms with van der Waals surface area (Å²) in [4.78, 5) is 18.9. The fourth-order valence-electron chi connectivity index (χ4n) is 2.84. The number of carbonyl (C=O) groups excluding carboxylic acids is 1. The van der Waals surface area contributed by atoms with Gasteiger partial charge in [-0.3, -0.25) is 4.79 Å². The Morgan fingerprint density at radius 3 is 2.48 bits per heavy atom. The number of aromatic nitrogens is 3. The number of amides is 1. The molecule has 0 saturated heterocycles. The molecule has 7 heteroatoms. The first kappa shape index (κ1) is 17.2. The average Bonchev–Trinajstić information content (AvgIpc) is 3.24. The first-order valence-corrected chi connectivity index (χ1v) is 9.41. The summed E-state index contributed by atoms with van der Waals surface area (Å²) in [5, 5.41) is 8.29. The van der Waals surface area contributed by atoms with Crippen LogP contribution < -0.4 is 10.2 Å². The zero-order chi connectivity index (χ0) is 18.8. The van der Waals surface area contributed by atoms with Gasteiger partial charge < -0.3 is 10.2 Å². The molecule has 1 N–H and O–H groups in total. The van der Waals surface area contributed by atoms with Crippen molar-refractivity contribution in [2.24, 2.45) is 0 Å². The predicted molar refractivity (Wildman–Crippen MR) is 110 cm³/mol. The van der Waals surface area contributed by atoms with Crippen molar-refractivity contribution in [2.75, 3.05) is 23.8 Å². The zero-order valence-corrected chi connectivity index (χ0v) is 15.9. The van der Waals surface area contributed by atoms with Crippen LogP contribution in [0.1, 0.15) is 5.69 Å². The SMILES string of the molecule is Cc1nn(-c2ccccc2)c2nc(N(C)CC(=O)Nc3ccccc3)sc12. The van der Waals surface area contributed by atoms with E-state index in [1.807, 2.05) is 84.2 Å². The van der Waals surface area contributed by atoms with Crippen molar-refractivity contribution >= 4 is 38.4 Å². The fourth-order valence-corrected chi connectivity index (χ4v) is 3.79. The van der Waals surface area contributed by atoms with Gasteiger partial charge in [-0.2, -0.15) is 10.1 Å². The Bertz CT molecular complexity index is 1070. The Balaban J connectivity index is 1.56. The van der Waals surface area contributed by atoms with Crippen molar-refractivity contribution in [2.45, 2.75) is 6.92 Å². The highest BCUT2D eigenvalue weighted by molar-refractivity contribution is 7.22. The van der Waals surface area contributed by atoms with Crippen molar-refractivity contribution in [3.05, 3.63) is 66.4 Å². The van der Waals surface area contributed by atoms with Gasteiger partial charge in [0.2, 0.25) is 5.91 Å². The number of anilines is 2. The van der Waals surface area contributed by atoms with E-state index in [0.29, 0.717) is 0 Å². The van der Waals surface area contributed by atoms with Gasteiger partial charge in [0.1, 0.15) is 0 Å². The number of hydrogen-bond acceptors (Lipinski definition) is 5. The highest BCUT2D eigenvalue weighted by atomic mass is 32.1. The monoisotopic (exact) mass is 377 g/mol. The molecule has 0 bridgehead atoms. The Hall–Kier alpha value is -3.19. The Kier molecular flexibility index (Phi) is 4.60. The van der Waals surface area contributed by atoms with E-state index in [9.17, 15) is 4.79 Å². The average molecular weight is 377 g/mol. The number of rotatable bonds is 5. The maximum absolute atomic E-state index is 12.3. The molecular weight excluding hydrogens is 358 g/mol. The molecule has 136 valence electrons. The van der Waals surface area contributed by atoms with Crippen molar-refractivity contribution in [1.82, 2.24) is 14.8 Å². The van der Waals surface area contributed by atoms with Gasteiger partial charge in [0, 0.05) is 12.7 Å². The molecule has 2 heterocycles. The Morgan fingerprint density at radius 2 is 1.78 bits per heavy atom. The second-order valence-corrected chi connectivity index (χ2v) is 7.23. The molecule has 6 nitrogen and oxygen atoms in total. The third-order valence-electron chi connectivity index (χ3n) is 4.14. The molecule has 0 spiro atoms. The van der Waals surface area contributed by atoms with Crippen molar-refractivity contribution < 1.29 is 4.79 Å². The Labute approximate surface area is 161 Å². The highest BCUT2D eigenvalue weighted by Gasteiger charge is 2.18. The molecule has 4 rings (SSSR count). The van der Waals surface area contributed by atoms with Crippen LogP contribution in [0.4, 0.5) is 10.8 Å². The molecular formula is C20H19N5OS. The molecule has 1 amide bonds. The lowest BCUT2D eigenvalue weighted by molar-refractivity contribution is -0.114. The van der Waals surface area contributed by atoms with Crippen molar-refractivity contribution in [1.29, 1.82) is 0 Å². The number of benzene rings is 2. The first-order valence-electron chi connectivity index (χ1n) is 8.59. The summed E-state index contributed by atoms with van der Waals surface area (Å²) in [6.07, 6.45) is 0. The lowest BCUT2D eigenvalue weighted by Crippen LogP contribution is -2.29. The summed E-state index contributed by atoms with van der Waals surface area (Å²) in [7, 11) is 1.87. The van der Waals surface area contributed by atoms with E-state index in [2.05, 4.69) is 10.4 Å². The van der Waals surface area contributed by atoms with Crippen LogP contribution in [0, 0.1) is 6.92 Å². The van der Waals surface area contributed by atoms with E-state index in [1.165, 1.54) is 0 Å². The number of carbonyl (C=O) groups is 1. The minimum absolute atomic E-state index is 0.0793. The van der Waals surface area contributed by atoms with E-state index in [0.717, 1.165) is 32.5 Å². The van der Waals surface area contributed by atoms with E-state index in [4.69, 9.17) is 4.98 Å². The smallest absolute Gasteiger partial charge is 0.243 e. The fraction of sp³-hybridized carbons (Fsp3) is 0.150. The summed E-state index contributed by atoms with van der Waals surface area (Å²) < 4.78 is 2.88. The zero-order valence-electron chi connectivity index (χ0n) is 15.1. The maximum Gasteiger partial charge on any atom is 0.243 e. The summed E-state index contributed by atoms with van der Waals surface area (Å²) in [5.74, 6) is -0.0793. The van der Waals surface area contributed by atoms with Gasteiger partial charge in [0.15, 0.2) is 10.8 Å². The third kappa shape index (κ3) is 3.54. The summed E-state index contributed by atoms with van der Waals surface area (Å²) >= 11 is 1.55. The second-order valence-electron chi connectivity index (χ2n) is 6.25. The molecule has 0 aliphatic heterocycles. The number of hydrogen-bond donors (Lipinski definition) is 1. The minimum Gasteiger partial charge on any atom is -0.342 e. The van der Waals surface area contributed by atoms with Gasteiger partial charge in [0.25, 0.3) is 0 Å². The number of para-hydroxylation sites is 2. The molecule has 27 heavy (non-hydrogen) atoms. The van der Waals surface area contributed by atoms with Gasteiger partial charge in [-0.25, -0.2) is 4.68 Å². The standard InChI is InChI=1S/C20H19N5OS/c1-14-18-19(25(23-14)16-11-7-4-8-12-16)22-20(27-18)24(2)13-17(26)21-15-9-5-3-6-10-15/h3-12H,13H2,1-2H3,(H,21,26). The van der Waals surface area contributed by atoms with Crippen molar-refractivity contribution in [3.63, 3.8) is 0 Å². The molecule has 0 radical (unpaired) electrons. The normalized spacial score (nSPS) is 10.9. The predicted octanol–water partition coefficient (Wildman–Crippen LogP) is 3.87. The molecule has 0 atom stereocenters. The maximum atomic E-state index is 12.3. The van der Waals surface area contributed by atoms with Crippen LogP contribution in [0.5, 0.6) is 0 Å². The van der Waals surface area contributed by atoms with Crippen LogP contribution >= 0.6 is 11.3 Å². The minimum atomic E-state index is -0.0793. The van der Waals surface area contributed by atoms with Gasteiger partial charge in [-0.05, 0) is 31.2 Å². The number of nitrogens with zero attached hydrogens (tertiary/aromatic N) is 4. The molecule has 0 aliphatic rings. The van der Waals surface area contributed by atoms with E-state index in [1.54, 1.807) is 11.3 Å². The van der Waals surface area contributed by atoms with E-state index < -0.39 is 0 Å². The van der Waals surface area contributed by atoms with Crippen LogP contribution in [0.15, 0.2) is 60.7 Å². The first-order chi connectivity index (χ1) is 13.1. The Morgan fingerprint density at radius 1 is 1.11 bits per heavy atom. The quantitative estimate of drug-likeness (QED) is 0.574. The lowest BCUT2D eigenvalue weighted by atomic mass is 10.3. The molecule has 0 fully saturated rings. The topological polar surface area (TPSA) is 63.1 Å². The molecule has 0 unspecified atom stereocenters. The van der Waals surface area contributed by atoms with Crippen LogP contribution in [-0.4, -0.2) is 34.3 Å². The number of nitrogens with one attached hydrogen (secondary N) is 1. The number of aryl methyl sites for hydroxylation is 1. The third-order valence-corrected chi connectivity index (χ3v) is 5.41. The summed E-state index contributed by atoms with van der Waals surface area (Å²) in [6.45, 7) is 2.20. The van der Waals surface area contributed by atoms with Crippen LogP contribution in [0.25, 0.3) is 16.0 Å². The summed E-state index contributed by atoms with van der Waals surface area (Å²) in [6, 6.07) is 19.4. The molecule has 0 saturated carbocycles. The van der Waals surface area contributed by atoms with Crippen LogP contribution in [-0.2, 0) is 4.79 Å². The number of thiazole rings is 1. The van der Waals surface area contributed by atoms with Gasteiger partial charge in [-0.15, -0.1) is 0 Å². The second kappa shape index (κ2) is 7.20. The van der Waals surface area contributed by atoms with Gasteiger partial charge >= 0.3 is 0 Å².